The van der Waals surface area contributed by atoms with Crippen molar-refractivity contribution in [2.75, 3.05) is 0 Å². The van der Waals surface area contributed by atoms with E-state index in [0.717, 1.165) is 29.2 Å². The SMILES string of the molecule is CC(C)Oc1cccc2c1nc(CCl)n2CC(C)C(C)C. The third-order valence-corrected chi connectivity index (χ3v) is 4.15. The summed E-state index contributed by atoms with van der Waals surface area (Å²) < 4.78 is 8.11. The van der Waals surface area contributed by atoms with Gasteiger partial charge in [-0.15, -0.1) is 11.6 Å². The molecule has 0 N–H and O–H groups in total. The van der Waals surface area contributed by atoms with Crippen LogP contribution in [0, 0.1) is 11.8 Å². The molecule has 1 atom stereocenters. The number of benzene rings is 1. The molecule has 2 rings (SSSR count). The van der Waals surface area contributed by atoms with E-state index < -0.39 is 0 Å². The zero-order valence-corrected chi connectivity index (χ0v) is 14.3. The van der Waals surface area contributed by atoms with E-state index in [4.69, 9.17) is 21.3 Å². The van der Waals surface area contributed by atoms with Crippen LogP contribution in [-0.4, -0.2) is 15.7 Å². The lowest BCUT2D eigenvalue weighted by Crippen LogP contribution is -2.14. The molecular formula is C17H25ClN2O. The second-order valence-electron chi connectivity index (χ2n) is 6.28. The van der Waals surface area contributed by atoms with Gasteiger partial charge >= 0.3 is 0 Å². The molecule has 1 aromatic heterocycles. The van der Waals surface area contributed by atoms with Crippen molar-refractivity contribution in [3.8, 4) is 5.75 Å². The number of aromatic nitrogens is 2. The summed E-state index contributed by atoms with van der Waals surface area (Å²) in [6.07, 6.45) is 0.134. The van der Waals surface area contributed by atoms with E-state index >= 15 is 0 Å². The summed E-state index contributed by atoms with van der Waals surface area (Å²) in [5, 5.41) is 0. The number of hydrogen-bond acceptors (Lipinski definition) is 2. The van der Waals surface area contributed by atoms with Crippen molar-refractivity contribution in [2.24, 2.45) is 11.8 Å². The van der Waals surface area contributed by atoms with Crippen molar-refractivity contribution in [2.45, 2.75) is 53.1 Å². The molecule has 4 heteroatoms. The maximum absolute atomic E-state index is 6.10. The molecule has 0 saturated heterocycles. The fraction of sp³-hybridized carbons (Fsp3) is 0.588. The minimum absolute atomic E-state index is 0.134. The van der Waals surface area contributed by atoms with E-state index in [2.05, 4.69) is 31.4 Å². The molecule has 0 bridgehead atoms. The fourth-order valence-corrected chi connectivity index (χ4v) is 2.53. The Morgan fingerprint density at radius 1 is 1.19 bits per heavy atom. The molecule has 0 saturated carbocycles. The quantitative estimate of drug-likeness (QED) is 0.713. The second kappa shape index (κ2) is 6.69. The third kappa shape index (κ3) is 3.52. The minimum Gasteiger partial charge on any atom is -0.489 e. The summed E-state index contributed by atoms with van der Waals surface area (Å²) in [4.78, 5) is 4.70. The molecule has 0 amide bonds. The van der Waals surface area contributed by atoms with Gasteiger partial charge in [-0.05, 0) is 37.8 Å². The zero-order chi connectivity index (χ0) is 15.6. The van der Waals surface area contributed by atoms with Gasteiger partial charge in [0.05, 0.1) is 17.5 Å². The summed E-state index contributed by atoms with van der Waals surface area (Å²) >= 11 is 6.10. The number of imidazole rings is 1. The Bertz CT molecular complexity index is 604. The molecule has 1 aromatic carbocycles. The number of nitrogens with zero attached hydrogens (tertiary/aromatic N) is 2. The lowest BCUT2D eigenvalue weighted by molar-refractivity contribution is 0.245. The van der Waals surface area contributed by atoms with Gasteiger partial charge in [0.15, 0.2) is 0 Å². The molecule has 1 heterocycles. The van der Waals surface area contributed by atoms with Crippen LogP contribution in [0.3, 0.4) is 0 Å². The van der Waals surface area contributed by atoms with E-state index in [1.54, 1.807) is 0 Å². The summed E-state index contributed by atoms with van der Waals surface area (Å²) in [5.41, 5.74) is 2.02. The van der Waals surface area contributed by atoms with Crippen LogP contribution in [-0.2, 0) is 12.4 Å². The highest BCUT2D eigenvalue weighted by atomic mass is 35.5. The maximum atomic E-state index is 6.10. The van der Waals surface area contributed by atoms with Crippen LogP contribution in [0.4, 0.5) is 0 Å². The molecule has 116 valence electrons. The summed E-state index contributed by atoms with van der Waals surface area (Å²) in [7, 11) is 0. The van der Waals surface area contributed by atoms with Crippen molar-refractivity contribution < 1.29 is 4.74 Å². The first kappa shape index (κ1) is 16.2. The molecule has 0 aliphatic carbocycles. The Kier molecular flexibility index (Phi) is 5.15. The lowest BCUT2D eigenvalue weighted by atomic mass is 9.98. The fourth-order valence-electron chi connectivity index (χ4n) is 2.32. The van der Waals surface area contributed by atoms with Crippen LogP contribution >= 0.6 is 11.6 Å². The van der Waals surface area contributed by atoms with Crippen molar-refractivity contribution in [1.29, 1.82) is 0 Å². The van der Waals surface area contributed by atoms with Gasteiger partial charge in [-0.2, -0.15) is 0 Å². The molecule has 0 aliphatic rings. The van der Waals surface area contributed by atoms with Gasteiger partial charge in [0.25, 0.3) is 0 Å². The third-order valence-electron chi connectivity index (χ3n) is 3.91. The van der Waals surface area contributed by atoms with Gasteiger partial charge in [0.1, 0.15) is 17.1 Å². The number of hydrogen-bond donors (Lipinski definition) is 0. The van der Waals surface area contributed by atoms with Gasteiger partial charge in [0.2, 0.25) is 0 Å². The first-order valence-corrected chi connectivity index (χ1v) is 8.18. The highest BCUT2D eigenvalue weighted by Crippen LogP contribution is 2.29. The molecule has 21 heavy (non-hydrogen) atoms. The number of halogens is 1. The Labute approximate surface area is 132 Å². The van der Waals surface area contributed by atoms with Gasteiger partial charge in [-0.1, -0.05) is 26.8 Å². The van der Waals surface area contributed by atoms with E-state index in [0.29, 0.717) is 17.7 Å². The predicted molar refractivity (Wildman–Crippen MR) is 89.1 cm³/mol. The first-order chi connectivity index (χ1) is 9.93. The number of para-hydroxylation sites is 1. The minimum atomic E-state index is 0.134. The van der Waals surface area contributed by atoms with Crippen LogP contribution in [0.2, 0.25) is 0 Å². The predicted octanol–water partition coefficient (Wildman–Crippen LogP) is 4.85. The van der Waals surface area contributed by atoms with E-state index in [9.17, 15) is 0 Å². The number of fused-ring (bicyclic) bond motifs is 1. The number of ether oxygens (including phenoxy) is 1. The second-order valence-corrected chi connectivity index (χ2v) is 6.55. The topological polar surface area (TPSA) is 27.1 Å². The average Bonchev–Trinajstić information content (AvgIpc) is 2.77. The van der Waals surface area contributed by atoms with E-state index in [1.807, 2.05) is 26.0 Å². The summed E-state index contributed by atoms with van der Waals surface area (Å²) in [5.74, 6) is 3.37. The average molecular weight is 309 g/mol. The van der Waals surface area contributed by atoms with E-state index in [-0.39, 0.29) is 6.10 Å². The van der Waals surface area contributed by atoms with Crippen LogP contribution in [0.1, 0.15) is 40.4 Å². The highest BCUT2D eigenvalue weighted by molar-refractivity contribution is 6.16. The van der Waals surface area contributed by atoms with Crippen LogP contribution in [0.25, 0.3) is 11.0 Å². The van der Waals surface area contributed by atoms with Crippen LogP contribution in [0.5, 0.6) is 5.75 Å². The molecule has 1 unspecified atom stereocenters. The maximum Gasteiger partial charge on any atom is 0.147 e. The van der Waals surface area contributed by atoms with Crippen LogP contribution in [0.15, 0.2) is 18.2 Å². The Balaban J connectivity index is 2.49. The number of alkyl halides is 1. The van der Waals surface area contributed by atoms with Gasteiger partial charge in [0, 0.05) is 6.54 Å². The molecule has 0 aliphatic heterocycles. The molecule has 0 spiro atoms. The normalized spacial score (nSPS) is 13.3. The Hall–Kier alpha value is -1.22. The van der Waals surface area contributed by atoms with Crippen molar-refractivity contribution in [3.05, 3.63) is 24.0 Å². The summed E-state index contributed by atoms with van der Waals surface area (Å²) in [6.45, 7) is 11.7. The number of rotatable bonds is 6. The summed E-state index contributed by atoms with van der Waals surface area (Å²) in [6, 6.07) is 6.10. The molecule has 3 nitrogen and oxygen atoms in total. The van der Waals surface area contributed by atoms with Crippen LogP contribution < -0.4 is 4.74 Å². The largest absolute Gasteiger partial charge is 0.489 e. The molecule has 2 aromatic rings. The standard InChI is InChI=1S/C17H25ClN2O/c1-11(2)13(5)10-20-14-7-6-8-15(21-12(3)4)17(14)19-16(20)9-18/h6-8,11-13H,9-10H2,1-5H3. The smallest absolute Gasteiger partial charge is 0.147 e. The van der Waals surface area contributed by atoms with Gasteiger partial charge < -0.3 is 9.30 Å². The molecule has 0 fully saturated rings. The molecular weight excluding hydrogens is 284 g/mol. The van der Waals surface area contributed by atoms with Crippen molar-refractivity contribution in [1.82, 2.24) is 9.55 Å². The zero-order valence-electron chi connectivity index (χ0n) is 13.6. The lowest BCUT2D eigenvalue weighted by Gasteiger charge is -2.18. The van der Waals surface area contributed by atoms with Crippen molar-refractivity contribution in [3.63, 3.8) is 0 Å². The first-order valence-electron chi connectivity index (χ1n) is 7.64. The van der Waals surface area contributed by atoms with Gasteiger partial charge in [-0.25, -0.2) is 4.98 Å². The molecule has 0 radical (unpaired) electrons. The van der Waals surface area contributed by atoms with Gasteiger partial charge in [-0.3, -0.25) is 0 Å². The Morgan fingerprint density at radius 3 is 2.48 bits per heavy atom. The van der Waals surface area contributed by atoms with E-state index in [1.165, 1.54) is 0 Å². The Morgan fingerprint density at radius 2 is 1.90 bits per heavy atom. The van der Waals surface area contributed by atoms with Crippen molar-refractivity contribution >= 4 is 22.6 Å². The monoisotopic (exact) mass is 308 g/mol. The highest BCUT2D eigenvalue weighted by Gasteiger charge is 2.17.